The van der Waals surface area contributed by atoms with Gasteiger partial charge in [0.1, 0.15) is 0 Å². The van der Waals surface area contributed by atoms with Crippen molar-refractivity contribution in [1.29, 1.82) is 0 Å². The van der Waals surface area contributed by atoms with Gasteiger partial charge in [-0.05, 0) is 43.2 Å². The van der Waals surface area contributed by atoms with Crippen LogP contribution in [-0.4, -0.2) is 39.7 Å². The summed E-state index contributed by atoms with van der Waals surface area (Å²) in [5, 5.41) is 4.17. The molecule has 1 amide bonds. The van der Waals surface area contributed by atoms with E-state index in [0.717, 1.165) is 37.2 Å². The Balaban J connectivity index is 1.73. The Labute approximate surface area is 118 Å². The molecule has 1 aliphatic heterocycles. The molecule has 0 atom stereocenters. The molecule has 5 nitrogen and oxygen atoms in total. The summed E-state index contributed by atoms with van der Waals surface area (Å²) in [4.78, 5) is 14.2. The van der Waals surface area contributed by atoms with E-state index in [2.05, 4.69) is 5.10 Å². The minimum atomic E-state index is 0.0870. The van der Waals surface area contributed by atoms with Crippen molar-refractivity contribution in [2.24, 2.45) is 5.73 Å². The minimum Gasteiger partial charge on any atom is -0.339 e. The van der Waals surface area contributed by atoms with Crippen LogP contribution in [0.3, 0.4) is 0 Å². The summed E-state index contributed by atoms with van der Waals surface area (Å²) >= 11 is 0. The molecule has 1 aromatic carbocycles. The molecule has 1 aliphatic rings. The van der Waals surface area contributed by atoms with Crippen LogP contribution in [0.15, 0.2) is 42.7 Å². The normalized spacial score (nSPS) is 16.4. The van der Waals surface area contributed by atoms with Crippen molar-refractivity contribution in [2.75, 3.05) is 13.1 Å². The first-order valence-electron chi connectivity index (χ1n) is 6.89. The van der Waals surface area contributed by atoms with Gasteiger partial charge in [0.25, 0.3) is 5.91 Å². The Morgan fingerprint density at radius 1 is 1.20 bits per heavy atom. The zero-order valence-corrected chi connectivity index (χ0v) is 11.3. The number of benzene rings is 1. The maximum Gasteiger partial charge on any atom is 0.253 e. The van der Waals surface area contributed by atoms with Crippen LogP contribution in [0.25, 0.3) is 5.69 Å². The molecule has 0 spiro atoms. The van der Waals surface area contributed by atoms with Gasteiger partial charge in [0.05, 0.1) is 5.69 Å². The van der Waals surface area contributed by atoms with Gasteiger partial charge in [0.2, 0.25) is 0 Å². The van der Waals surface area contributed by atoms with Gasteiger partial charge in [0.15, 0.2) is 0 Å². The van der Waals surface area contributed by atoms with E-state index in [4.69, 9.17) is 5.73 Å². The van der Waals surface area contributed by atoms with Crippen molar-refractivity contribution >= 4 is 5.91 Å². The van der Waals surface area contributed by atoms with Gasteiger partial charge in [-0.25, -0.2) is 4.68 Å². The van der Waals surface area contributed by atoms with E-state index in [0.29, 0.717) is 0 Å². The predicted octanol–water partition coefficient (Wildman–Crippen LogP) is 1.44. The van der Waals surface area contributed by atoms with Crippen LogP contribution in [0.1, 0.15) is 23.2 Å². The van der Waals surface area contributed by atoms with Gasteiger partial charge in [-0.3, -0.25) is 4.79 Å². The zero-order chi connectivity index (χ0) is 13.9. The lowest BCUT2D eigenvalue weighted by atomic mass is 10.0. The fourth-order valence-electron chi connectivity index (χ4n) is 2.46. The van der Waals surface area contributed by atoms with E-state index in [1.54, 1.807) is 10.9 Å². The Kier molecular flexibility index (Phi) is 3.52. The SMILES string of the molecule is NC1CCN(C(=O)c2ccc(-n3cccn3)cc2)CC1. The van der Waals surface area contributed by atoms with Crippen molar-refractivity contribution in [3.63, 3.8) is 0 Å². The number of nitrogens with two attached hydrogens (primary N) is 1. The lowest BCUT2D eigenvalue weighted by molar-refractivity contribution is 0.0715. The van der Waals surface area contributed by atoms with Crippen molar-refractivity contribution in [3.8, 4) is 5.69 Å². The second-order valence-corrected chi connectivity index (χ2v) is 5.13. The van der Waals surface area contributed by atoms with E-state index in [1.807, 2.05) is 41.4 Å². The van der Waals surface area contributed by atoms with E-state index in [-0.39, 0.29) is 11.9 Å². The third kappa shape index (κ3) is 2.58. The monoisotopic (exact) mass is 270 g/mol. The highest BCUT2D eigenvalue weighted by molar-refractivity contribution is 5.94. The average molecular weight is 270 g/mol. The Morgan fingerprint density at radius 3 is 2.50 bits per heavy atom. The van der Waals surface area contributed by atoms with E-state index < -0.39 is 0 Å². The number of piperidine rings is 1. The highest BCUT2D eigenvalue weighted by atomic mass is 16.2. The topological polar surface area (TPSA) is 64.2 Å². The molecule has 1 aromatic heterocycles. The van der Waals surface area contributed by atoms with Crippen LogP contribution in [-0.2, 0) is 0 Å². The van der Waals surface area contributed by atoms with Crippen molar-refractivity contribution in [2.45, 2.75) is 18.9 Å². The van der Waals surface area contributed by atoms with E-state index in [9.17, 15) is 4.79 Å². The van der Waals surface area contributed by atoms with Gasteiger partial charge in [-0.1, -0.05) is 0 Å². The Hall–Kier alpha value is -2.14. The number of likely N-dealkylation sites (tertiary alicyclic amines) is 1. The lowest BCUT2D eigenvalue weighted by Crippen LogP contribution is -2.42. The first kappa shape index (κ1) is 12.9. The number of aromatic nitrogens is 2. The molecule has 0 saturated carbocycles. The average Bonchev–Trinajstić information content (AvgIpc) is 3.02. The second-order valence-electron chi connectivity index (χ2n) is 5.13. The maximum absolute atomic E-state index is 12.4. The van der Waals surface area contributed by atoms with Crippen LogP contribution in [0.5, 0.6) is 0 Å². The Morgan fingerprint density at radius 2 is 1.90 bits per heavy atom. The molecule has 3 rings (SSSR count). The van der Waals surface area contributed by atoms with Crippen LogP contribution in [0, 0.1) is 0 Å². The smallest absolute Gasteiger partial charge is 0.253 e. The summed E-state index contributed by atoms with van der Waals surface area (Å²) < 4.78 is 1.77. The van der Waals surface area contributed by atoms with Crippen molar-refractivity contribution in [3.05, 3.63) is 48.3 Å². The quantitative estimate of drug-likeness (QED) is 0.898. The van der Waals surface area contributed by atoms with Gasteiger partial charge in [-0.15, -0.1) is 0 Å². The summed E-state index contributed by atoms with van der Waals surface area (Å²) in [5.41, 5.74) is 7.53. The molecule has 0 radical (unpaired) electrons. The number of nitrogens with zero attached hydrogens (tertiary/aromatic N) is 3. The third-order valence-corrected chi connectivity index (χ3v) is 3.71. The fourth-order valence-corrected chi connectivity index (χ4v) is 2.46. The van der Waals surface area contributed by atoms with Gasteiger partial charge in [0, 0.05) is 37.1 Å². The Bertz CT molecular complexity index is 568. The number of rotatable bonds is 2. The van der Waals surface area contributed by atoms with Crippen LogP contribution < -0.4 is 5.73 Å². The highest BCUT2D eigenvalue weighted by Crippen LogP contribution is 2.14. The number of amides is 1. The molecule has 20 heavy (non-hydrogen) atoms. The first-order valence-corrected chi connectivity index (χ1v) is 6.89. The molecular formula is C15H18N4O. The van der Waals surface area contributed by atoms with E-state index in [1.165, 1.54) is 0 Å². The summed E-state index contributed by atoms with van der Waals surface area (Å²) in [5.74, 6) is 0.0870. The van der Waals surface area contributed by atoms with Crippen molar-refractivity contribution < 1.29 is 4.79 Å². The molecule has 2 heterocycles. The molecule has 5 heteroatoms. The van der Waals surface area contributed by atoms with Gasteiger partial charge < -0.3 is 10.6 Å². The number of hydrogen-bond donors (Lipinski definition) is 1. The largest absolute Gasteiger partial charge is 0.339 e. The van der Waals surface area contributed by atoms with Crippen LogP contribution in [0.2, 0.25) is 0 Å². The molecule has 0 aliphatic carbocycles. The molecule has 1 fully saturated rings. The molecule has 0 unspecified atom stereocenters. The standard InChI is InChI=1S/C15H18N4O/c16-13-6-10-18(11-7-13)15(20)12-2-4-14(5-3-12)19-9-1-8-17-19/h1-5,8-9,13H,6-7,10-11,16H2. The third-order valence-electron chi connectivity index (χ3n) is 3.71. The van der Waals surface area contributed by atoms with E-state index >= 15 is 0 Å². The summed E-state index contributed by atoms with van der Waals surface area (Å²) in [6, 6.07) is 9.64. The lowest BCUT2D eigenvalue weighted by Gasteiger charge is -2.30. The number of carbonyl (C=O) groups is 1. The molecule has 2 aromatic rings. The second kappa shape index (κ2) is 5.46. The molecular weight excluding hydrogens is 252 g/mol. The maximum atomic E-state index is 12.4. The molecule has 0 bridgehead atoms. The van der Waals surface area contributed by atoms with Crippen LogP contribution >= 0.6 is 0 Å². The molecule has 1 saturated heterocycles. The highest BCUT2D eigenvalue weighted by Gasteiger charge is 2.21. The summed E-state index contributed by atoms with van der Waals surface area (Å²) in [6.45, 7) is 1.50. The number of carbonyl (C=O) groups excluding carboxylic acids is 1. The molecule has 2 N–H and O–H groups in total. The predicted molar refractivity (Wildman–Crippen MR) is 76.7 cm³/mol. The first-order chi connectivity index (χ1) is 9.74. The van der Waals surface area contributed by atoms with Crippen LogP contribution in [0.4, 0.5) is 0 Å². The fraction of sp³-hybridized carbons (Fsp3) is 0.333. The van der Waals surface area contributed by atoms with Gasteiger partial charge >= 0.3 is 0 Å². The van der Waals surface area contributed by atoms with Crippen molar-refractivity contribution in [1.82, 2.24) is 14.7 Å². The summed E-state index contributed by atoms with van der Waals surface area (Å²) in [6.07, 6.45) is 5.38. The number of hydrogen-bond acceptors (Lipinski definition) is 3. The molecule has 104 valence electrons. The zero-order valence-electron chi connectivity index (χ0n) is 11.3. The van der Waals surface area contributed by atoms with Gasteiger partial charge in [-0.2, -0.15) is 5.10 Å². The summed E-state index contributed by atoms with van der Waals surface area (Å²) in [7, 11) is 0. The minimum absolute atomic E-state index is 0.0870.